The summed E-state index contributed by atoms with van der Waals surface area (Å²) in [5.41, 5.74) is 1.80. The SMILES string of the molecule is O=C1COc2cc([N+](=O)[O-])c(NC[C@@H](c3ccccc3)N3CCOCC3)cc2N1. The van der Waals surface area contributed by atoms with Crippen LogP contribution in [0.4, 0.5) is 17.1 Å². The van der Waals surface area contributed by atoms with E-state index in [1.54, 1.807) is 6.07 Å². The molecule has 0 bridgehead atoms. The van der Waals surface area contributed by atoms with Gasteiger partial charge in [0.05, 0.1) is 35.9 Å². The largest absolute Gasteiger partial charge is 0.481 e. The molecule has 2 aromatic rings. The maximum Gasteiger partial charge on any atom is 0.296 e. The third kappa shape index (κ3) is 4.30. The van der Waals surface area contributed by atoms with Crippen LogP contribution >= 0.6 is 0 Å². The zero-order valence-corrected chi connectivity index (χ0v) is 15.8. The highest BCUT2D eigenvalue weighted by Crippen LogP contribution is 2.38. The van der Waals surface area contributed by atoms with E-state index in [9.17, 15) is 14.9 Å². The Morgan fingerprint density at radius 2 is 1.97 bits per heavy atom. The van der Waals surface area contributed by atoms with Crippen LogP contribution in [0.1, 0.15) is 11.6 Å². The molecule has 1 amide bonds. The number of hydrogen-bond donors (Lipinski definition) is 2. The number of nitrogens with zero attached hydrogens (tertiary/aromatic N) is 2. The number of hydrogen-bond acceptors (Lipinski definition) is 7. The van der Waals surface area contributed by atoms with Crippen LogP contribution in [0.3, 0.4) is 0 Å². The summed E-state index contributed by atoms with van der Waals surface area (Å²) in [6.07, 6.45) is 0. The van der Waals surface area contributed by atoms with Gasteiger partial charge in [-0.1, -0.05) is 30.3 Å². The Morgan fingerprint density at radius 3 is 2.69 bits per heavy atom. The Bertz CT molecular complexity index is 899. The summed E-state index contributed by atoms with van der Waals surface area (Å²) in [5, 5.41) is 17.5. The lowest BCUT2D eigenvalue weighted by molar-refractivity contribution is -0.384. The molecule has 9 nitrogen and oxygen atoms in total. The number of fused-ring (bicyclic) bond motifs is 1. The van der Waals surface area contributed by atoms with Crippen molar-refractivity contribution in [3.05, 3.63) is 58.1 Å². The van der Waals surface area contributed by atoms with Gasteiger partial charge in [0.25, 0.3) is 11.6 Å². The van der Waals surface area contributed by atoms with E-state index in [1.165, 1.54) is 6.07 Å². The predicted octanol–water partition coefficient (Wildman–Crippen LogP) is 2.41. The highest BCUT2D eigenvalue weighted by molar-refractivity contribution is 5.96. The van der Waals surface area contributed by atoms with Gasteiger partial charge < -0.3 is 20.1 Å². The van der Waals surface area contributed by atoms with Crippen LogP contribution in [0.15, 0.2) is 42.5 Å². The number of carbonyl (C=O) groups is 1. The Labute approximate surface area is 167 Å². The lowest BCUT2D eigenvalue weighted by Crippen LogP contribution is -2.41. The smallest absolute Gasteiger partial charge is 0.296 e. The molecule has 1 fully saturated rings. The highest BCUT2D eigenvalue weighted by atomic mass is 16.6. The molecule has 0 spiro atoms. The van der Waals surface area contributed by atoms with Crippen molar-refractivity contribution in [3.8, 4) is 5.75 Å². The molecule has 0 unspecified atom stereocenters. The number of nitro groups is 1. The second-order valence-electron chi connectivity index (χ2n) is 6.92. The predicted molar refractivity (Wildman–Crippen MR) is 107 cm³/mol. The monoisotopic (exact) mass is 398 g/mol. The molecule has 1 atom stereocenters. The summed E-state index contributed by atoms with van der Waals surface area (Å²) in [6.45, 7) is 3.22. The summed E-state index contributed by atoms with van der Waals surface area (Å²) >= 11 is 0. The molecule has 2 N–H and O–H groups in total. The number of anilines is 2. The molecule has 2 aliphatic heterocycles. The van der Waals surface area contributed by atoms with Crippen LogP contribution in [0.5, 0.6) is 5.75 Å². The Balaban J connectivity index is 1.60. The van der Waals surface area contributed by atoms with Crippen molar-refractivity contribution in [2.24, 2.45) is 0 Å². The number of rotatable bonds is 6. The normalized spacial score (nSPS) is 17.6. The van der Waals surface area contributed by atoms with E-state index in [2.05, 4.69) is 27.7 Å². The van der Waals surface area contributed by atoms with Crippen molar-refractivity contribution in [1.82, 2.24) is 4.90 Å². The maximum absolute atomic E-state index is 11.6. The first-order valence-corrected chi connectivity index (χ1v) is 9.47. The standard InChI is InChI=1S/C20H22N4O5/c25-20-13-29-19-11-17(24(26)27)15(10-16(19)22-20)21-12-18(14-4-2-1-3-5-14)23-6-8-28-9-7-23/h1-5,10-11,18,21H,6-9,12-13H2,(H,22,25)/t18-/m0/s1. The molecule has 4 rings (SSSR count). The Kier molecular flexibility index (Phi) is 5.59. The molecule has 29 heavy (non-hydrogen) atoms. The van der Waals surface area contributed by atoms with Crippen molar-refractivity contribution in [3.63, 3.8) is 0 Å². The first kappa shape index (κ1) is 19.2. The molecule has 2 aromatic carbocycles. The zero-order chi connectivity index (χ0) is 20.2. The number of amides is 1. The van der Waals surface area contributed by atoms with Gasteiger partial charge in [0.2, 0.25) is 0 Å². The average Bonchev–Trinajstić information content (AvgIpc) is 2.74. The first-order valence-electron chi connectivity index (χ1n) is 9.47. The van der Waals surface area contributed by atoms with Gasteiger partial charge in [0, 0.05) is 19.6 Å². The molecule has 0 radical (unpaired) electrons. The van der Waals surface area contributed by atoms with Crippen molar-refractivity contribution in [2.45, 2.75) is 6.04 Å². The van der Waals surface area contributed by atoms with Gasteiger partial charge in [-0.05, 0) is 11.6 Å². The number of benzene rings is 2. The molecular weight excluding hydrogens is 376 g/mol. The van der Waals surface area contributed by atoms with Crippen LogP contribution in [0.2, 0.25) is 0 Å². The van der Waals surface area contributed by atoms with Crippen molar-refractivity contribution < 1.29 is 19.2 Å². The Hall–Kier alpha value is -3.17. The van der Waals surface area contributed by atoms with E-state index in [0.717, 1.165) is 18.7 Å². The van der Waals surface area contributed by atoms with Crippen LogP contribution in [-0.2, 0) is 9.53 Å². The number of nitrogens with one attached hydrogen (secondary N) is 2. The molecule has 0 aliphatic carbocycles. The second-order valence-corrected chi connectivity index (χ2v) is 6.92. The number of carbonyl (C=O) groups excluding carboxylic acids is 1. The van der Waals surface area contributed by atoms with E-state index in [0.29, 0.717) is 36.9 Å². The third-order valence-electron chi connectivity index (χ3n) is 5.08. The zero-order valence-electron chi connectivity index (χ0n) is 15.8. The fourth-order valence-electron chi connectivity index (χ4n) is 3.64. The maximum atomic E-state index is 11.6. The topological polar surface area (TPSA) is 106 Å². The first-order chi connectivity index (χ1) is 14.1. The average molecular weight is 398 g/mol. The number of nitro benzene ring substituents is 1. The molecule has 2 heterocycles. The summed E-state index contributed by atoms with van der Waals surface area (Å²) in [4.78, 5) is 25.0. The minimum Gasteiger partial charge on any atom is -0.481 e. The fraction of sp³-hybridized carbons (Fsp3) is 0.350. The van der Waals surface area contributed by atoms with E-state index < -0.39 is 4.92 Å². The van der Waals surface area contributed by atoms with Gasteiger partial charge in [0.1, 0.15) is 5.69 Å². The van der Waals surface area contributed by atoms with Gasteiger partial charge in [-0.3, -0.25) is 19.8 Å². The van der Waals surface area contributed by atoms with E-state index in [1.807, 2.05) is 18.2 Å². The van der Waals surface area contributed by atoms with Gasteiger partial charge in [-0.15, -0.1) is 0 Å². The van der Waals surface area contributed by atoms with Crippen LogP contribution in [0.25, 0.3) is 0 Å². The molecule has 9 heteroatoms. The molecule has 1 saturated heterocycles. The summed E-state index contributed by atoms with van der Waals surface area (Å²) in [5.74, 6) is 0.0161. The van der Waals surface area contributed by atoms with Crippen molar-refractivity contribution in [2.75, 3.05) is 50.1 Å². The summed E-state index contributed by atoms with van der Waals surface area (Å²) in [7, 11) is 0. The quantitative estimate of drug-likeness (QED) is 0.568. The van der Waals surface area contributed by atoms with Crippen LogP contribution in [-0.4, -0.2) is 55.2 Å². The van der Waals surface area contributed by atoms with E-state index in [4.69, 9.17) is 9.47 Å². The van der Waals surface area contributed by atoms with Gasteiger partial charge >= 0.3 is 0 Å². The molecule has 0 saturated carbocycles. The van der Waals surface area contributed by atoms with Crippen LogP contribution < -0.4 is 15.4 Å². The van der Waals surface area contributed by atoms with Gasteiger partial charge in [-0.25, -0.2) is 0 Å². The van der Waals surface area contributed by atoms with Crippen molar-refractivity contribution >= 4 is 23.0 Å². The molecule has 152 valence electrons. The lowest BCUT2D eigenvalue weighted by atomic mass is 10.0. The van der Waals surface area contributed by atoms with Gasteiger partial charge in [-0.2, -0.15) is 0 Å². The second kappa shape index (κ2) is 8.46. The lowest BCUT2D eigenvalue weighted by Gasteiger charge is -2.35. The fourth-order valence-corrected chi connectivity index (χ4v) is 3.64. The number of ether oxygens (including phenoxy) is 2. The molecule has 2 aliphatic rings. The molecular formula is C20H22N4O5. The van der Waals surface area contributed by atoms with Gasteiger partial charge in [0.15, 0.2) is 12.4 Å². The molecule has 0 aromatic heterocycles. The summed E-state index contributed by atoms with van der Waals surface area (Å²) in [6, 6.07) is 13.0. The minimum atomic E-state index is -0.450. The third-order valence-corrected chi connectivity index (χ3v) is 5.08. The highest BCUT2D eigenvalue weighted by Gasteiger charge is 2.26. The summed E-state index contributed by atoms with van der Waals surface area (Å²) < 4.78 is 10.8. The number of morpholine rings is 1. The van der Waals surface area contributed by atoms with E-state index >= 15 is 0 Å². The Morgan fingerprint density at radius 1 is 1.21 bits per heavy atom. The van der Waals surface area contributed by atoms with E-state index in [-0.39, 0.29) is 24.2 Å². The minimum absolute atomic E-state index is 0.0292. The van der Waals surface area contributed by atoms with Crippen molar-refractivity contribution in [1.29, 1.82) is 0 Å². The van der Waals surface area contributed by atoms with Crippen LogP contribution in [0, 0.1) is 10.1 Å².